The van der Waals surface area contributed by atoms with E-state index in [0.717, 1.165) is 0 Å². The van der Waals surface area contributed by atoms with E-state index in [4.69, 9.17) is 0 Å². The van der Waals surface area contributed by atoms with Crippen molar-refractivity contribution in [2.24, 2.45) is 0 Å². The van der Waals surface area contributed by atoms with Gasteiger partial charge in [-0.05, 0) is 13.8 Å². The summed E-state index contributed by atoms with van der Waals surface area (Å²) < 4.78 is 0. The standard InChI is InChI=1S/C6H10.C3H8.2C2H6.C2H4/c1-4-6(3)5-2;1-3-2;3*1-2/h4-5H,1H2,2-3H3;3H2,1-2H3;2*1-2H3;1-2H2/b6-5-;;;;. The Morgan fingerprint density at radius 2 is 1.20 bits per heavy atom. The van der Waals surface area contributed by atoms with Gasteiger partial charge < -0.3 is 0 Å². The molecule has 0 nitrogen and oxygen atoms in total. The van der Waals surface area contributed by atoms with Gasteiger partial charge in [-0.25, -0.2) is 0 Å². The fourth-order valence-electron chi connectivity index (χ4n) is 0.118. The predicted octanol–water partition coefficient (Wildman–Crippen LogP) is 6.41. The minimum Gasteiger partial charge on any atom is -0.106 e. The van der Waals surface area contributed by atoms with Crippen molar-refractivity contribution in [3.05, 3.63) is 37.5 Å². The molecule has 94 valence electrons. The van der Waals surface area contributed by atoms with Crippen LogP contribution in [0.25, 0.3) is 0 Å². The lowest BCUT2D eigenvalue weighted by Crippen LogP contribution is -1.57. The summed E-state index contributed by atoms with van der Waals surface area (Å²) in [6.45, 7) is 25.8. The Morgan fingerprint density at radius 3 is 1.20 bits per heavy atom. The SMILES string of the molecule is C=C.C=C/C(C)=C\C.CC.CC.CCC. The summed E-state index contributed by atoms with van der Waals surface area (Å²) in [5, 5.41) is 0. The summed E-state index contributed by atoms with van der Waals surface area (Å²) in [6, 6.07) is 0. The molecule has 0 rings (SSSR count). The van der Waals surface area contributed by atoms with Crippen LogP contribution in [0.2, 0.25) is 0 Å². The second-order valence-corrected chi connectivity index (χ2v) is 1.94. The van der Waals surface area contributed by atoms with Gasteiger partial charge in [0.25, 0.3) is 0 Å². The zero-order chi connectivity index (χ0) is 13.7. The van der Waals surface area contributed by atoms with Gasteiger partial charge in [0.15, 0.2) is 0 Å². The highest BCUT2D eigenvalue weighted by Gasteiger charge is 1.66. The van der Waals surface area contributed by atoms with Crippen molar-refractivity contribution in [2.75, 3.05) is 0 Å². The smallest absolute Gasteiger partial charge is 0.0401 e. The number of rotatable bonds is 1. The second-order valence-electron chi connectivity index (χ2n) is 1.94. The fourth-order valence-corrected chi connectivity index (χ4v) is 0.118. The van der Waals surface area contributed by atoms with Crippen LogP contribution in [0, 0.1) is 0 Å². The molecule has 0 aliphatic rings. The van der Waals surface area contributed by atoms with Gasteiger partial charge in [0, 0.05) is 0 Å². The second kappa shape index (κ2) is 72.4. The topological polar surface area (TPSA) is 0 Å². The minimum absolute atomic E-state index is 1.23. The van der Waals surface area contributed by atoms with Crippen LogP contribution in [-0.2, 0) is 0 Å². The Bertz CT molecular complexity index is 88.2. The predicted molar refractivity (Wildman–Crippen MR) is 79.5 cm³/mol. The van der Waals surface area contributed by atoms with Crippen LogP contribution in [0.4, 0.5) is 0 Å². The van der Waals surface area contributed by atoms with Crippen LogP contribution in [0.15, 0.2) is 37.5 Å². The molecule has 0 N–H and O–H groups in total. The highest BCUT2D eigenvalue weighted by molar-refractivity contribution is 5.10. The molecule has 0 aliphatic heterocycles. The summed E-state index contributed by atoms with van der Waals surface area (Å²) in [5.74, 6) is 0. The molecular weight excluding hydrogens is 180 g/mol. The van der Waals surface area contributed by atoms with Crippen molar-refractivity contribution < 1.29 is 0 Å². The van der Waals surface area contributed by atoms with E-state index in [1.807, 2.05) is 53.7 Å². The van der Waals surface area contributed by atoms with E-state index < -0.39 is 0 Å². The molecule has 0 atom stereocenters. The third kappa shape index (κ3) is 161. The quantitative estimate of drug-likeness (QED) is 0.349. The largest absolute Gasteiger partial charge is 0.106 e. The van der Waals surface area contributed by atoms with Gasteiger partial charge in [-0.3, -0.25) is 0 Å². The minimum atomic E-state index is 1.23. The molecule has 0 unspecified atom stereocenters. The third-order valence-electron chi connectivity index (χ3n) is 0.777. The highest BCUT2D eigenvalue weighted by atomic mass is 13.7. The zero-order valence-electron chi connectivity index (χ0n) is 12.5. The molecule has 0 heterocycles. The average molecular weight is 214 g/mol. The van der Waals surface area contributed by atoms with Crippen molar-refractivity contribution in [1.29, 1.82) is 0 Å². The summed E-state index contributed by atoms with van der Waals surface area (Å²) >= 11 is 0. The van der Waals surface area contributed by atoms with Gasteiger partial charge >= 0.3 is 0 Å². The summed E-state index contributed by atoms with van der Waals surface area (Å²) in [7, 11) is 0. The maximum Gasteiger partial charge on any atom is -0.0401 e. The first-order chi connectivity index (χ1) is 7.22. The van der Waals surface area contributed by atoms with Gasteiger partial charge in [0.1, 0.15) is 0 Å². The van der Waals surface area contributed by atoms with E-state index in [9.17, 15) is 0 Å². The summed E-state index contributed by atoms with van der Waals surface area (Å²) in [5.41, 5.74) is 1.23. The third-order valence-corrected chi connectivity index (χ3v) is 0.777. The van der Waals surface area contributed by atoms with Crippen LogP contribution in [0.3, 0.4) is 0 Å². The van der Waals surface area contributed by atoms with Crippen LogP contribution >= 0.6 is 0 Å². The summed E-state index contributed by atoms with van der Waals surface area (Å²) in [4.78, 5) is 0. The monoisotopic (exact) mass is 214 g/mol. The Kier molecular flexibility index (Phi) is 141. The first kappa shape index (κ1) is 29.2. The molecule has 0 aromatic carbocycles. The van der Waals surface area contributed by atoms with Crippen molar-refractivity contribution in [1.82, 2.24) is 0 Å². The molecule has 0 bridgehead atoms. The Hall–Kier alpha value is -0.780. The highest BCUT2D eigenvalue weighted by Crippen LogP contribution is 1.88. The molecule has 0 fully saturated rings. The Labute approximate surface area is 99.8 Å². The van der Waals surface area contributed by atoms with E-state index in [1.165, 1.54) is 12.0 Å². The maximum absolute atomic E-state index is 3.56. The molecule has 0 heteroatoms. The van der Waals surface area contributed by atoms with Crippen LogP contribution in [0.1, 0.15) is 61.8 Å². The molecule has 0 aromatic heterocycles. The maximum atomic E-state index is 3.56. The number of allylic oxidation sites excluding steroid dienone is 3. The number of hydrogen-bond donors (Lipinski definition) is 0. The molecule has 0 amide bonds. The lowest BCUT2D eigenvalue weighted by Gasteiger charge is -1.78. The normalized spacial score (nSPS) is 6.80. The molecule has 0 aromatic rings. The first-order valence-electron chi connectivity index (χ1n) is 5.98. The molecule has 0 saturated carbocycles. The molecule has 0 radical (unpaired) electrons. The van der Waals surface area contributed by atoms with Gasteiger partial charge in [-0.1, -0.05) is 72.3 Å². The average Bonchev–Trinajstić information content (AvgIpc) is 2.36. The van der Waals surface area contributed by atoms with Crippen molar-refractivity contribution in [3.8, 4) is 0 Å². The molecular formula is C15H34. The van der Waals surface area contributed by atoms with E-state index in [1.54, 1.807) is 0 Å². The zero-order valence-corrected chi connectivity index (χ0v) is 12.5. The van der Waals surface area contributed by atoms with Crippen molar-refractivity contribution in [2.45, 2.75) is 61.8 Å². The van der Waals surface area contributed by atoms with Crippen LogP contribution in [-0.4, -0.2) is 0 Å². The van der Waals surface area contributed by atoms with Crippen molar-refractivity contribution in [3.63, 3.8) is 0 Å². The molecule has 0 saturated heterocycles. The van der Waals surface area contributed by atoms with E-state index in [2.05, 4.69) is 33.6 Å². The van der Waals surface area contributed by atoms with Crippen molar-refractivity contribution >= 4 is 0 Å². The van der Waals surface area contributed by atoms with E-state index in [-0.39, 0.29) is 0 Å². The Morgan fingerprint density at radius 1 is 1.00 bits per heavy atom. The lowest BCUT2D eigenvalue weighted by atomic mass is 10.3. The molecule has 0 spiro atoms. The molecule has 15 heavy (non-hydrogen) atoms. The summed E-state index contributed by atoms with van der Waals surface area (Å²) in [6.07, 6.45) is 5.10. The number of hydrogen-bond acceptors (Lipinski definition) is 0. The molecule has 0 aliphatic carbocycles. The van der Waals surface area contributed by atoms with E-state index in [0.29, 0.717) is 0 Å². The van der Waals surface area contributed by atoms with Gasteiger partial charge in [-0.15, -0.1) is 13.2 Å². The van der Waals surface area contributed by atoms with Gasteiger partial charge in [0.05, 0.1) is 0 Å². The first-order valence-corrected chi connectivity index (χ1v) is 5.98. The van der Waals surface area contributed by atoms with E-state index >= 15 is 0 Å². The van der Waals surface area contributed by atoms with Gasteiger partial charge in [-0.2, -0.15) is 0 Å². The van der Waals surface area contributed by atoms with Crippen LogP contribution in [0.5, 0.6) is 0 Å². The lowest BCUT2D eigenvalue weighted by molar-refractivity contribution is 1.09. The van der Waals surface area contributed by atoms with Gasteiger partial charge in [0.2, 0.25) is 0 Å². The Balaban J connectivity index is -0.0000000318. The van der Waals surface area contributed by atoms with Crippen LogP contribution < -0.4 is 0 Å². The fraction of sp³-hybridized carbons (Fsp3) is 0.600.